The van der Waals surface area contributed by atoms with Crippen LogP contribution in [-0.2, 0) is 5.88 Å². The first-order valence-electron chi connectivity index (χ1n) is 4.95. The predicted octanol–water partition coefficient (Wildman–Crippen LogP) is 2.07. The molecule has 0 N–H and O–H groups in total. The fourth-order valence-corrected chi connectivity index (χ4v) is 1.78. The molecule has 0 atom stereocenters. The topological polar surface area (TPSA) is 34.0 Å². The van der Waals surface area contributed by atoms with Gasteiger partial charge in [-0.3, -0.25) is 4.57 Å². The van der Waals surface area contributed by atoms with E-state index in [2.05, 4.69) is 10.2 Å². The molecule has 0 saturated heterocycles. The zero-order valence-electron chi connectivity index (χ0n) is 9.26. The van der Waals surface area contributed by atoms with Gasteiger partial charge in [0.2, 0.25) is 0 Å². The van der Waals surface area contributed by atoms with Crippen molar-refractivity contribution in [2.24, 2.45) is 0 Å². The van der Waals surface area contributed by atoms with Crippen molar-refractivity contribution >= 4 is 17.3 Å². The second-order valence-corrected chi connectivity index (χ2v) is 3.90. The molecule has 0 radical (unpaired) electrons. The quantitative estimate of drug-likeness (QED) is 0.766. The van der Waals surface area contributed by atoms with Crippen LogP contribution in [0.15, 0.2) is 30.6 Å². The maximum absolute atomic E-state index is 5.82. The number of alkyl halides is 1. The van der Waals surface area contributed by atoms with E-state index in [-0.39, 0.29) is 0 Å². The molecule has 0 unspecified atom stereocenters. The van der Waals surface area contributed by atoms with E-state index in [4.69, 9.17) is 11.6 Å². The van der Waals surface area contributed by atoms with Crippen molar-refractivity contribution in [3.63, 3.8) is 0 Å². The van der Waals surface area contributed by atoms with Gasteiger partial charge in [0, 0.05) is 14.1 Å². The minimum Gasteiger partial charge on any atom is -0.376 e. The Balaban J connectivity index is 2.55. The molecule has 0 amide bonds. The SMILES string of the molecule is CN(C)c1ccccc1-n1cnnc1CCl. The van der Waals surface area contributed by atoms with Crippen LogP contribution < -0.4 is 4.90 Å². The third-order valence-corrected chi connectivity index (χ3v) is 2.60. The number of halogens is 1. The molecule has 0 aliphatic heterocycles. The molecule has 0 aliphatic carbocycles. The van der Waals surface area contributed by atoms with Crippen LogP contribution in [0.2, 0.25) is 0 Å². The molecule has 0 saturated carbocycles. The van der Waals surface area contributed by atoms with Gasteiger partial charge in [0.05, 0.1) is 17.3 Å². The van der Waals surface area contributed by atoms with Crippen LogP contribution in [0.3, 0.4) is 0 Å². The zero-order valence-corrected chi connectivity index (χ0v) is 10.0. The van der Waals surface area contributed by atoms with Gasteiger partial charge in [0.15, 0.2) is 5.82 Å². The first kappa shape index (κ1) is 11.0. The lowest BCUT2D eigenvalue weighted by molar-refractivity contribution is 0.942. The van der Waals surface area contributed by atoms with E-state index < -0.39 is 0 Å². The second-order valence-electron chi connectivity index (χ2n) is 3.63. The molecule has 2 aromatic rings. The lowest BCUT2D eigenvalue weighted by Crippen LogP contribution is -2.12. The van der Waals surface area contributed by atoms with Gasteiger partial charge in [0.1, 0.15) is 6.33 Å². The molecule has 0 bridgehead atoms. The normalized spacial score (nSPS) is 10.4. The van der Waals surface area contributed by atoms with E-state index in [0.29, 0.717) is 5.88 Å². The first-order valence-corrected chi connectivity index (χ1v) is 5.49. The number of rotatable bonds is 3. The number of nitrogens with zero attached hydrogens (tertiary/aromatic N) is 4. The highest BCUT2D eigenvalue weighted by Crippen LogP contribution is 2.23. The molecular formula is C11H13ClN4. The zero-order chi connectivity index (χ0) is 11.5. The highest BCUT2D eigenvalue weighted by atomic mass is 35.5. The van der Waals surface area contributed by atoms with Gasteiger partial charge in [-0.25, -0.2) is 0 Å². The second kappa shape index (κ2) is 4.53. The Morgan fingerprint density at radius 2 is 2.06 bits per heavy atom. The fraction of sp³-hybridized carbons (Fsp3) is 0.273. The van der Waals surface area contributed by atoms with Gasteiger partial charge in [0.25, 0.3) is 0 Å². The van der Waals surface area contributed by atoms with Crippen molar-refractivity contribution in [2.45, 2.75) is 5.88 Å². The number of anilines is 1. The van der Waals surface area contributed by atoms with Gasteiger partial charge in [-0.15, -0.1) is 21.8 Å². The Bertz CT molecular complexity index is 478. The average molecular weight is 237 g/mol. The summed E-state index contributed by atoms with van der Waals surface area (Å²) in [4.78, 5) is 2.05. The van der Waals surface area contributed by atoms with E-state index in [1.54, 1.807) is 6.33 Å². The van der Waals surface area contributed by atoms with Gasteiger partial charge >= 0.3 is 0 Å². The summed E-state index contributed by atoms with van der Waals surface area (Å²) in [6.45, 7) is 0. The summed E-state index contributed by atoms with van der Waals surface area (Å²) in [5.41, 5.74) is 2.14. The van der Waals surface area contributed by atoms with Crippen LogP contribution >= 0.6 is 11.6 Å². The van der Waals surface area contributed by atoms with Crippen LogP contribution in [0.25, 0.3) is 5.69 Å². The molecule has 0 aliphatic rings. The Labute approximate surface area is 99.5 Å². The van der Waals surface area contributed by atoms with E-state index in [1.807, 2.05) is 47.8 Å². The first-order chi connectivity index (χ1) is 7.74. The monoisotopic (exact) mass is 236 g/mol. The van der Waals surface area contributed by atoms with Crippen LogP contribution in [-0.4, -0.2) is 28.9 Å². The molecular weight excluding hydrogens is 224 g/mol. The third kappa shape index (κ3) is 1.88. The van der Waals surface area contributed by atoms with E-state index in [0.717, 1.165) is 17.2 Å². The molecule has 2 rings (SSSR count). The van der Waals surface area contributed by atoms with Crippen LogP contribution in [0, 0.1) is 0 Å². The molecule has 1 aromatic heterocycles. The van der Waals surface area contributed by atoms with Crippen LogP contribution in [0.1, 0.15) is 5.82 Å². The minimum absolute atomic E-state index is 0.349. The molecule has 84 valence electrons. The number of hydrogen-bond acceptors (Lipinski definition) is 3. The van der Waals surface area contributed by atoms with Crippen molar-refractivity contribution in [1.82, 2.24) is 14.8 Å². The Hall–Kier alpha value is -1.55. The van der Waals surface area contributed by atoms with Crippen molar-refractivity contribution in [3.8, 4) is 5.69 Å². The fourth-order valence-electron chi connectivity index (χ4n) is 1.60. The van der Waals surface area contributed by atoms with Crippen molar-refractivity contribution in [2.75, 3.05) is 19.0 Å². The predicted molar refractivity (Wildman–Crippen MR) is 65.2 cm³/mol. The Kier molecular flexibility index (Phi) is 3.10. The summed E-state index contributed by atoms with van der Waals surface area (Å²) in [5.74, 6) is 1.10. The molecule has 0 spiro atoms. The summed E-state index contributed by atoms with van der Waals surface area (Å²) < 4.78 is 1.91. The molecule has 0 fully saturated rings. The molecule has 4 nitrogen and oxygen atoms in total. The molecule has 16 heavy (non-hydrogen) atoms. The van der Waals surface area contributed by atoms with E-state index in [1.165, 1.54) is 0 Å². The number of aromatic nitrogens is 3. The maximum atomic E-state index is 5.82. The summed E-state index contributed by atoms with van der Waals surface area (Å²) in [7, 11) is 4.01. The summed E-state index contributed by atoms with van der Waals surface area (Å²) >= 11 is 5.82. The average Bonchev–Trinajstić information content (AvgIpc) is 2.76. The highest BCUT2D eigenvalue weighted by molar-refractivity contribution is 6.16. The maximum Gasteiger partial charge on any atom is 0.152 e. The number of hydrogen-bond donors (Lipinski definition) is 0. The smallest absolute Gasteiger partial charge is 0.152 e. The Morgan fingerprint density at radius 3 is 2.75 bits per heavy atom. The Morgan fingerprint density at radius 1 is 1.31 bits per heavy atom. The summed E-state index contributed by atoms with van der Waals surface area (Å²) in [6.07, 6.45) is 1.68. The largest absolute Gasteiger partial charge is 0.376 e. The van der Waals surface area contributed by atoms with Crippen molar-refractivity contribution in [1.29, 1.82) is 0 Å². The van der Waals surface area contributed by atoms with E-state index >= 15 is 0 Å². The lowest BCUT2D eigenvalue weighted by Gasteiger charge is -2.18. The van der Waals surface area contributed by atoms with Gasteiger partial charge in [-0.05, 0) is 12.1 Å². The van der Waals surface area contributed by atoms with Crippen LogP contribution in [0.5, 0.6) is 0 Å². The third-order valence-electron chi connectivity index (χ3n) is 2.36. The summed E-state index contributed by atoms with van der Waals surface area (Å²) in [6, 6.07) is 8.06. The number of benzene rings is 1. The molecule has 1 heterocycles. The van der Waals surface area contributed by atoms with Gasteiger partial charge in [-0.1, -0.05) is 12.1 Å². The minimum atomic E-state index is 0.349. The van der Waals surface area contributed by atoms with Crippen LogP contribution in [0.4, 0.5) is 5.69 Å². The highest BCUT2D eigenvalue weighted by Gasteiger charge is 2.09. The molecule has 5 heteroatoms. The van der Waals surface area contributed by atoms with Crippen molar-refractivity contribution < 1.29 is 0 Å². The van der Waals surface area contributed by atoms with Crippen molar-refractivity contribution in [3.05, 3.63) is 36.4 Å². The van der Waals surface area contributed by atoms with Gasteiger partial charge in [-0.2, -0.15) is 0 Å². The van der Waals surface area contributed by atoms with E-state index in [9.17, 15) is 0 Å². The van der Waals surface area contributed by atoms with Gasteiger partial charge < -0.3 is 4.90 Å². The molecule has 1 aromatic carbocycles. The number of para-hydroxylation sites is 2. The standard InChI is InChI=1S/C11H13ClN4/c1-15(2)9-5-3-4-6-10(9)16-8-13-14-11(16)7-12/h3-6,8H,7H2,1-2H3. The summed E-state index contributed by atoms with van der Waals surface area (Å²) in [5, 5.41) is 7.85. The lowest BCUT2D eigenvalue weighted by atomic mass is 10.2.